The number of carbonyl (C=O) groups is 2. The lowest BCUT2D eigenvalue weighted by atomic mass is 9.95. The van der Waals surface area contributed by atoms with Crippen molar-refractivity contribution < 1.29 is 24.2 Å². The first-order valence-corrected chi connectivity index (χ1v) is 7.43. The predicted octanol–water partition coefficient (Wildman–Crippen LogP) is 1.85. The third-order valence-electron chi connectivity index (χ3n) is 3.21. The first-order valence-electron chi connectivity index (χ1n) is 7.43. The van der Waals surface area contributed by atoms with Gasteiger partial charge in [-0.2, -0.15) is 0 Å². The number of ether oxygens (including phenoxy) is 2. The Labute approximate surface area is 126 Å². The molecule has 3 atom stereocenters. The molecule has 1 amide bonds. The van der Waals surface area contributed by atoms with E-state index in [1.54, 1.807) is 20.8 Å². The average Bonchev–Trinajstić information content (AvgIpc) is 2.66. The third-order valence-corrected chi connectivity index (χ3v) is 3.21. The van der Waals surface area contributed by atoms with Crippen LogP contribution in [0.4, 0.5) is 4.79 Å². The van der Waals surface area contributed by atoms with Gasteiger partial charge < -0.3 is 19.9 Å². The lowest BCUT2D eigenvalue weighted by molar-refractivity contribution is -0.146. The Morgan fingerprint density at radius 3 is 2.52 bits per heavy atom. The maximum absolute atomic E-state index is 11.9. The number of nitrogens with one attached hydrogen (secondary N) is 1. The van der Waals surface area contributed by atoms with Crippen LogP contribution in [0.5, 0.6) is 0 Å². The lowest BCUT2D eigenvalue weighted by Crippen LogP contribution is -2.46. The molecule has 122 valence electrons. The van der Waals surface area contributed by atoms with Crippen molar-refractivity contribution in [1.82, 2.24) is 5.32 Å². The number of aliphatic hydroxyl groups excluding tert-OH is 1. The SMILES string of the molecule is CC(C)C[C@H](NC(=O)OC(C)(C)C)[C@@H]1C[C@@H](CO)C(=O)O1. The van der Waals surface area contributed by atoms with Gasteiger partial charge in [-0.15, -0.1) is 0 Å². The van der Waals surface area contributed by atoms with E-state index in [-0.39, 0.29) is 12.6 Å². The van der Waals surface area contributed by atoms with Crippen LogP contribution >= 0.6 is 0 Å². The Morgan fingerprint density at radius 1 is 1.48 bits per heavy atom. The molecule has 0 saturated carbocycles. The smallest absolute Gasteiger partial charge is 0.408 e. The van der Waals surface area contributed by atoms with Gasteiger partial charge in [-0.1, -0.05) is 13.8 Å². The number of hydrogen-bond donors (Lipinski definition) is 2. The first-order chi connectivity index (χ1) is 9.62. The van der Waals surface area contributed by atoms with Gasteiger partial charge >= 0.3 is 12.1 Å². The van der Waals surface area contributed by atoms with E-state index in [2.05, 4.69) is 5.32 Å². The summed E-state index contributed by atoms with van der Waals surface area (Å²) < 4.78 is 10.5. The van der Waals surface area contributed by atoms with Gasteiger partial charge in [0.05, 0.1) is 18.6 Å². The van der Waals surface area contributed by atoms with E-state index < -0.39 is 29.7 Å². The third kappa shape index (κ3) is 5.91. The van der Waals surface area contributed by atoms with Gasteiger partial charge in [0.2, 0.25) is 0 Å². The lowest BCUT2D eigenvalue weighted by Gasteiger charge is -2.27. The van der Waals surface area contributed by atoms with Gasteiger partial charge in [-0.25, -0.2) is 4.79 Å². The molecule has 1 fully saturated rings. The Balaban J connectivity index is 2.68. The van der Waals surface area contributed by atoms with Crippen LogP contribution in [0.1, 0.15) is 47.5 Å². The van der Waals surface area contributed by atoms with E-state index in [0.717, 1.165) is 0 Å². The van der Waals surface area contributed by atoms with Crippen molar-refractivity contribution in [2.24, 2.45) is 11.8 Å². The van der Waals surface area contributed by atoms with E-state index in [1.807, 2.05) is 13.8 Å². The minimum atomic E-state index is -0.577. The maximum Gasteiger partial charge on any atom is 0.408 e. The zero-order valence-electron chi connectivity index (χ0n) is 13.5. The van der Waals surface area contributed by atoms with E-state index in [4.69, 9.17) is 14.6 Å². The fourth-order valence-electron chi connectivity index (χ4n) is 2.34. The highest BCUT2D eigenvalue weighted by Gasteiger charge is 2.39. The number of cyclic esters (lactones) is 1. The van der Waals surface area contributed by atoms with Crippen molar-refractivity contribution in [2.75, 3.05) is 6.61 Å². The maximum atomic E-state index is 11.9. The van der Waals surface area contributed by atoms with Crippen LogP contribution in [0, 0.1) is 11.8 Å². The Bertz CT molecular complexity index is 375. The van der Waals surface area contributed by atoms with Crippen LogP contribution in [0.3, 0.4) is 0 Å². The second kappa shape index (κ2) is 7.11. The minimum absolute atomic E-state index is 0.226. The van der Waals surface area contributed by atoms with Gasteiger partial charge in [-0.3, -0.25) is 4.79 Å². The molecule has 6 nitrogen and oxygen atoms in total. The molecular formula is C15H27NO5. The van der Waals surface area contributed by atoms with Gasteiger partial charge in [0.25, 0.3) is 0 Å². The molecule has 0 bridgehead atoms. The van der Waals surface area contributed by atoms with Crippen LogP contribution in [-0.4, -0.2) is 41.5 Å². The normalized spacial score (nSPS) is 23.9. The topological polar surface area (TPSA) is 84.9 Å². The molecule has 1 aliphatic heterocycles. The molecule has 0 aromatic carbocycles. The molecule has 0 radical (unpaired) electrons. The molecule has 21 heavy (non-hydrogen) atoms. The molecule has 1 aliphatic rings. The van der Waals surface area contributed by atoms with Crippen LogP contribution in [0.25, 0.3) is 0 Å². The van der Waals surface area contributed by atoms with Crippen molar-refractivity contribution >= 4 is 12.1 Å². The highest BCUT2D eigenvalue weighted by Crippen LogP contribution is 2.26. The number of alkyl carbamates (subject to hydrolysis) is 1. The number of hydrogen-bond acceptors (Lipinski definition) is 5. The number of aliphatic hydroxyl groups is 1. The van der Waals surface area contributed by atoms with Crippen molar-refractivity contribution in [2.45, 2.75) is 65.2 Å². The van der Waals surface area contributed by atoms with E-state index >= 15 is 0 Å². The first kappa shape index (κ1) is 17.8. The minimum Gasteiger partial charge on any atom is -0.460 e. The number of amides is 1. The van der Waals surface area contributed by atoms with Crippen molar-refractivity contribution in [3.8, 4) is 0 Å². The standard InChI is InChI=1S/C15H27NO5/c1-9(2)6-11(16-14(19)21-15(3,4)5)12-7-10(8-17)13(18)20-12/h9-12,17H,6-8H2,1-5H3,(H,16,19)/t10-,11-,12-/m0/s1. The fraction of sp³-hybridized carbons (Fsp3) is 0.867. The van der Waals surface area contributed by atoms with Gasteiger partial charge in [0.15, 0.2) is 0 Å². The molecule has 2 N–H and O–H groups in total. The molecule has 6 heteroatoms. The molecule has 1 saturated heterocycles. The summed E-state index contributed by atoms with van der Waals surface area (Å²) in [6, 6.07) is -0.305. The Hall–Kier alpha value is -1.30. The Kier molecular flexibility index (Phi) is 6.01. The average molecular weight is 301 g/mol. The zero-order valence-corrected chi connectivity index (χ0v) is 13.5. The highest BCUT2D eigenvalue weighted by molar-refractivity contribution is 5.75. The fourth-order valence-corrected chi connectivity index (χ4v) is 2.34. The summed E-state index contributed by atoms with van der Waals surface area (Å²) in [6.07, 6.45) is 0.166. The summed E-state index contributed by atoms with van der Waals surface area (Å²) in [4.78, 5) is 23.5. The van der Waals surface area contributed by atoms with E-state index in [9.17, 15) is 9.59 Å². The molecule has 0 unspecified atom stereocenters. The van der Waals surface area contributed by atoms with Gasteiger partial charge in [-0.05, 0) is 33.1 Å². The van der Waals surface area contributed by atoms with Crippen LogP contribution in [0.15, 0.2) is 0 Å². The molecule has 0 aromatic heterocycles. The van der Waals surface area contributed by atoms with Crippen molar-refractivity contribution in [3.63, 3.8) is 0 Å². The van der Waals surface area contributed by atoms with Crippen molar-refractivity contribution in [3.05, 3.63) is 0 Å². The summed E-state index contributed by atoms with van der Waals surface area (Å²) in [5, 5.41) is 11.9. The number of carbonyl (C=O) groups excluding carboxylic acids is 2. The van der Waals surface area contributed by atoms with Crippen LogP contribution in [0.2, 0.25) is 0 Å². The summed E-state index contributed by atoms with van der Waals surface area (Å²) in [5.41, 5.74) is -0.577. The summed E-state index contributed by atoms with van der Waals surface area (Å²) in [5.74, 6) is -0.566. The molecule has 0 aliphatic carbocycles. The van der Waals surface area contributed by atoms with Crippen molar-refractivity contribution in [1.29, 1.82) is 0 Å². The monoisotopic (exact) mass is 301 g/mol. The molecule has 0 spiro atoms. The zero-order chi connectivity index (χ0) is 16.2. The van der Waals surface area contributed by atoms with Gasteiger partial charge in [0.1, 0.15) is 11.7 Å². The van der Waals surface area contributed by atoms with Gasteiger partial charge in [0, 0.05) is 6.42 Å². The molecule has 0 aromatic rings. The number of rotatable bonds is 5. The summed E-state index contributed by atoms with van der Waals surface area (Å²) >= 11 is 0. The quantitative estimate of drug-likeness (QED) is 0.757. The Morgan fingerprint density at radius 2 is 2.10 bits per heavy atom. The highest BCUT2D eigenvalue weighted by atomic mass is 16.6. The molecular weight excluding hydrogens is 274 g/mol. The number of esters is 1. The van der Waals surface area contributed by atoms with Crippen LogP contribution < -0.4 is 5.32 Å². The van der Waals surface area contributed by atoms with Crippen LogP contribution in [-0.2, 0) is 14.3 Å². The molecule has 1 rings (SSSR count). The predicted molar refractivity (Wildman–Crippen MR) is 77.7 cm³/mol. The van der Waals surface area contributed by atoms with E-state index in [0.29, 0.717) is 18.8 Å². The summed E-state index contributed by atoms with van der Waals surface area (Å²) in [6.45, 7) is 9.22. The second-order valence-electron chi connectivity index (χ2n) is 6.97. The summed E-state index contributed by atoms with van der Waals surface area (Å²) in [7, 11) is 0. The van der Waals surface area contributed by atoms with E-state index in [1.165, 1.54) is 0 Å². The second-order valence-corrected chi connectivity index (χ2v) is 6.97. The largest absolute Gasteiger partial charge is 0.460 e. The molecule has 1 heterocycles.